The molecule has 3 aliphatic rings. The molecule has 0 bridgehead atoms. The van der Waals surface area contributed by atoms with Gasteiger partial charge in [0, 0.05) is 48.9 Å². The Bertz CT molecular complexity index is 2120. The molecule has 14 nitrogen and oxygen atoms in total. The lowest BCUT2D eigenvalue weighted by Gasteiger charge is -2.32. The fourth-order valence-electron chi connectivity index (χ4n) is 8.50. The van der Waals surface area contributed by atoms with E-state index < -0.39 is 24.3 Å². The normalized spacial score (nSPS) is 21.4. The summed E-state index contributed by atoms with van der Waals surface area (Å²) in [6.07, 6.45) is 1.33. The summed E-state index contributed by atoms with van der Waals surface area (Å²) in [6, 6.07) is 13.9. The highest BCUT2D eigenvalue weighted by atomic mass is 35.5. The monoisotopic (exact) mass is 863 g/mol. The highest BCUT2D eigenvalue weighted by Crippen LogP contribution is 2.40. The molecule has 60 heavy (non-hydrogen) atoms. The average molecular weight is 865 g/mol. The summed E-state index contributed by atoms with van der Waals surface area (Å²) in [5.41, 5.74) is 6.01. The third-order valence-corrected chi connectivity index (χ3v) is 12.3. The minimum atomic E-state index is -0.757. The molecule has 2 aromatic carbocycles. The fraction of sp³-hybridized carbons (Fsp3) is 0.500. The Morgan fingerprint density at radius 2 is 1.35 bits per heavy atom. The number of methoxy groups -OCH3 is 3. The van der Waals surface area contributed by atoms with Gasteiger partial charge in [-0.15, -0.1) is 0 Å². The average Bonchev–Trinajstić information content (AvgIpc) is 4.03. The van der Waals surface area contributed by atoms with Crippen LogP contribution in [0.5, 0.6) is 0 Å². The first kappa shape index (κ1) is 44.6. The predicted molar refractivity (Wildman–Crippen MR) is 231 cm³/mol. The van der Waals surface area contributed by atoms with Crippen LogP contribution in [0.3, 0.4) is 0 Å². The first-order chi connectivity index (χ1) is 28.6. The molecule has 0 unspecified atom stereocenters. The predicted octanol–water partition coefficient (Wildman–Crippen LogP) is 7.83. The quantitative estimate of drug-likeness (QED) is 0.146. The topological polar surface area (TPSA) is 168 Å². The van der Waals surface area contributed by atoms with Gasteiger partial charge in [-0.05, 0) is 54.7 Å². The number of H-pyrrole nitrogens is 1. The molecule has 6 atom stereocenters. The number of nitrogens with one attached hydrogen (secondary N) is 3. The zero-order valence-corrected chi connectivity index (χ0v) is 36.9. The number of nitrogens with zero attached hydrogens (tertiary/aromatic N) is 4. The third-order valence-electron chi connectivity index (χ3n) is 11.7. The summed E-state index contributed by atoms with van der Waals surface area (Å²) in [6.45, 7) is 10.5. The van der Waals surface area contributed by atoms with Gasteiger partial charge in [0.25, 0.3) is 0 Å². The summed E-state index contributed by atoms with van der Waals surface area (Å²) < 4.78 is 15.1. The van der Waals surface area contributed by atoms with Crippen LogP contribution >= 0.6 is 23.2 Å². The zero-order valence-electron chi connectivity index (χ0n) is 35.4. The van der Waals surface area contributed by atoms with E-state index in [0.29, 0.717) is 54.2 Å². The number of carbonyl (C=O) groups excluding carboxylic acids is 4. The minimum absolute atomic E-state index is 0.0558. The number of rotatable bonds is 13. The number of hydrogen-bond acceptors (Lipinski definition) is 9. The van der Waals surface area contributed by atoms with E-state index in [4.69, 9.17) is 47.4 Å². The van der Waals surface area contributed by atoms with Gasteiger partial charge in [-0.2, -0.15) is 0 Å². The Hall–Kier alpha value is -4.92. The maximum Gasteiger partial charge on any atom is 0.407 e. The van der Waals surface area contributed by atoms with Crippen molar-refractivity contribution in [1.29, 1.82) is 0 Å². The van der Waals surface area contributed by atoms with Crippen molar-refractivity contribution in [2.24, 2.45) is 22.7 Å². The van der Waals surface area contributed by atoms with Crippen LogP contribution in [0.15, 0.2) is 58.7 Å². The van der Waals surface area contributed by atoms with E-state index in [1.807, 2.05) is 83.1 Å². The van der Waals surface area contributed by atoms with Gasteiger partial charge in [0.1, 0.15) is 33.9 Å². The number of imidazole rings is 1. The van der Waals surface area contributed by atoms with Crippen LogP contribution in [0.1, 0.15) is 77.7 Å². The van der Waals surface area contributed by atoms with Crippen molar-refractivity contribution in [3.8, 4) is 22.4 Å². The number of amides is 4. The fourth-order valence-corrected chi connectivity index (χ4v) is 9.04. The molecule has 1 aromatic heterocycles. The number of aliphatic imine (C=N–C) groups is 1. The molecular weight excluding hydrogens is 809 g/mol. The maximum absolute atomic E-state index is 13.9. The number of aromatic amines is 1. The van der Waals surface area contributed by atoms with Crippen LogP contribution in [0.4, 0.5) is 9.59 Å². The lowest BCUT2D eigenvalue weighted by atomic mass is 9.95. The Kier molecular flexibility index (Phi) is 14.3. The van der Waals surface area contributed by atoms with Crippen molar-refractivity contribution in [2.45, 2.75) is 90.5 Å². The van der Waals surface area contributed by atoms with E-state index in [-0.39, 0.29) is 47.7 Å². The molecule has 3 aliphatic heterocycles. The number of allylic oxidation sites excluding steroid dienone is 1. The van der Waals surface area contributed by atoms with Crippen LogP contribution in [-0.2, 0) is 23.8 Å². The summed E-state index contributed by atoms with van der Waals surface area (Å²) >= 11 is 13.6. The SMILES string of the molecule is COC[C@H]1C[C@@H](C2=NC(Cl)=C(c3ccc(-c4ccc(-c5nc([C@@H]6CC[C@H](C)N6C(=O)[C@@H](NC(=O)OC)C(C)C)[nH]c5Cl)cc4)cc3)C2)N(C(=O)[C@@H](NC(=O)OC)C(C)C)C1. The molecule has 3 aromatic rings. The number of aromatic nitrogens is 2. The Labute approximate surface area is 361 Å². The second kappa shape index (κ2) is 19.2. The summed E-state index contributed by atoms with van der Waals surface area (Å²) in [5.74, 6) is 0.00583. The molecule has 16 heteroatoms. The van der Waals surface area contributed by atoms with Gasteiger partial charge in [-0.3, -0.25) is 9.59 Å². The van der Waals surface area contributed by atoms with E-state index in [9.17, 15) is 19.2 Å². The van der Waals surface area contributed by atoms with Crippen LogP contribution in [0, 0.1) is 17.8 Å². The highest BCUT2D eigenvalue weighted by molar-refractivity contribution is 6.35. The molecular formula is C44H55Cl2N7O7. The largest absolute Gasteiger partial charge is 0.453 e. The van der Waals surface area contributed by atoms with E-state index in [2.05, 4.69) is 15.6 Å². The number of halogens is 2. The molecule has 6 rings (SSSR count). The first-order valence-corrected chi connectivity index (χ1v) is 21.1. The van der Waals surface area contributed by atoms with Gasteiger partial charge >= 0.3 is 12.2 Å². The molecule has 0 radical (unpaired) electrons. The van der Waals surface area contributed by atoms with Crippen LogP contribution in [0.2, 0.25) is 5.15 Å². The van der Waals surface area contributed by atoms with Gasteiger partial charge in [0.15, 0.2) is 0 Å². The van der Waals surface area contributed by atoms with Crippen molar-refractivity contribution >= 4 is 58.5 Å². The van der Waals surface area contributed by atoms with Crippen molar-refractivity contribution in [1.82, 2.24) is 30.4 Å². The second-order valence-electron chi connectivity index (χ2n) is 16.5. The minimum Gasteiger partial charge on any atom is -0.453 e. The van der Waals surface area contributed by atoms with E-state index in [0.717, 1.165) is 40.0 Å². The third kappa shape index (κ3) is 9.50. The van der Waals surface area contributed by atoms with Crippen molar-refractivity contribution in [2.75, 3.05) is 34.5 Å². The molecule has 2 saturated heterocycles. The van der Waals surface area contributed by atoms with Crippen LogP contribution in [0.25, 0.3) is 28.0 Å². The van der Waals surface area contributed by atoms with E-state index in [1.54, 1.807) is 16.9 Å². The molecule has 322 valence electrons. The van der Waals surface area contributed by atoms with Gasteiger partial charge < -0.3 is 39.6 Å². The molecule has 0 saturated carbocycles. The number of carbonyl (C=O) groups is 4. The molecule has 0 spiro atoms. The van der Waals surface area contributed by atoms with E-state index >= 15 is 0 Å². The highest BCUT2D eigenvalue weighted by Gasteiger charge is 2.44. The lowest BCUT2D eigenvalue weighted by Crippen LogP contribution is -2.53. The maximum atomic E-state index is 13.9. The van der Waals surface area contributed by atoms with Crippen LogP contribution in [-0.4, -0.2) is 108 Å². The van der Waals surface area contributed by atoms with Gasteiger partial charge in [-0.25, -0.2) is 19.6 Å². The molecule has 4 amide bonds. The second-order valence-corrected chi connectivity index (χ2v) is 17.2. The number of likely N-dealkylation sites (tertiary alicyclic amines) is 2. The summed E-state index contributed by atoms with van der Waals surface area (Å²) in [4.78, 5) is 68.5. The van der Waals surface area contributed by atoms with Crippen LogP contribution < -0.4 is 10.6 Å². The Morgan fingerprint density at radius 3 is 1.90 bits per heavy atom. The summed E-state index contributed by atoms with van der Waals surface area (Å²) in [7, 11) is 4.20. The summed E-state index contributed by atoms with van der Waals surface area (Å²) in [5, 5.41) is 6.18. The molecule has 0 aliphatic carbocycles. The number of benzene rings is 2. The van der Waals surface area contributed by atoms with Gasteiger partial charge in [0.2, 0.25) is 11.8 Å². The van der Waals surface area contributed by atoms with E-state index in [1.165, 1.54) is 14.2 Å². The lowest BCUT2D eigenvalue weighted by molar-refractivity contribution is -0.137. The molecule has 3 N–H and O–H groups in total. The Balaban J connectivity index is 1.14. The van der Waals surface area contributed by atoms with Gasteiger partial charge in [0.05, 0.1) is 32.9 Å². The van der Waals surface area contributed by atoms with Crippen molar-refractivity contribution in [3.63, 3.8) is 0 Å². The van der Waals surface area contributed by atoms with Gasteiger partial charge in [-0.1, -0.05) is 99.4 Å². The standard InChI is InChI=1S/C44H55Cl2N7O7/c1-23(2)35(49-43(56)59-7)41(54)52-21-26(22-58-6)19-34(52)32-20-31(38(45)47-32)29-14-10-27(11-15-29)28-12-16-30(17-13-28)37-39(46)51-40(48-37)33-18-9-25(5)53(33)42(55)36(24(3)4)50-44(57)60-8/h10-17,23-26,33-36H,9,18-22H2,1-8H3,(H,48,51)(H,49,56)(H,50,57)/t25-,26-,33-,34-,35-,36-/m0/s1. The Morgan fingerprint density at radius 1 is 0.800 bits per heavy atom. The number of alkyl carbamates (subject to hydrolysis) is 2. The van der Waals surface area contributed by atoms with Crippen molar-refractivity contribution < 1.29 is 33.4 Å². The number of ether oxygens (including phenoxy) is 3. The number of hydrogen-bond donors (Lipinski definition) is 3. The first-order valence-electron chi connectivity index (χ1n) is 20.4. The molecule has 4 heterocycles. The van der Waals surface area contributed by atoms with Crippen molar-refractivity contribution in [3.05, 3.63) is 70.2 Å². The smallest absolute Gasteiger partial charge is 0.407 e. The molecule has 2 fully saturated rings. The zero-order chi connectivity index (χ0) is 43.4.